The minimum atomic E-state index is -0.681. The second kappa shape index (κ2) is 6.34. The van der Waals surface area contributed by atoms with E-state index in [-0.39, 0.29) is 12.4 Å². The minimum Gasteiger partial charge on any atom is -0.449 e. The molecule has 0 unspecified atom stereocenters. The average molecular weight is 220 g/mol. The van der Waals surface area contributed by atoms with Crippen molar-refractivity contribution < 1.29 is 14.3 Å². The van der Waals surface area contributed by atoms with Gasteiger partial charge < -0.3 is 4.74 Å². The van der Waals surface area contributed by atoms with E-state index in [2.05, 4.69) is 15.3 Å². The number of rotatable bonds is 4. The van der Waals surface area contributed by atoms with Crippen LogP contribution in [0.2, 0.25) is 0 Å². The highest BCUT2D eigenvalue weighted by molar-refractivity contribution is 6.35. The van der Waals surface area contributed by atoms with Gasteiger partial charge in [-0.1, -0.05) is 30.3 Å². The molecule has 0 saturated heterocycles. The molecule has 0 fully saturated rings. The SMILES string of the molecule is CCOC(=O)NN=CC(=O)c1ccccc1. The molecule has 0 bridgehead atoms. The quantitative estimate of drug-likeness (QED) is 0.476. The summed E-state index contributed by atoms with van der Waals surface area (Å²) in [4.78, 5) is 22.2. The zero-order valence-electron chi connectivity index (χ0n) is 8.84. The van der Waals surface area contributed by atoms with Crippen LogP contribution in [0.25, 0.3) is 0 Å². The van der Waals surface area contributed by atoms with Crippen molar-refractivity contribution in [2.24, 2.45) is 5.10 Å². The zero-order chi connectivity index (χ0) is 11.8. The van der Waals surface area contributed by atoms with Gasteiger partial charge in [0, 0.05) is 5.56 Å². The Morgan fingerprint density at radius 1 is 1.38 bits per heavy atom. The highest BCUT2D eigenvalue weighted by Gasteiger charge is 2.01. The highest BCUT2D eigenvalue weighted by Crippen LogP contribution is 1.97. The summed E-state index contributed by atoms with van der Waals surface area (Å²) in [7, 11) is 0. The first-order chi connectivity index (χ1) is 7.74. The number of hydrazone groups is 1. The van der Waals surface area contributed by atoms with E-state index in [0.717, 1.165) is 6.21 Å². The number of Topliss-reactive ketones (excluding diaryl/α,β-unsaturated/α-hetero) is 1. The van der Waals surface area contributed by atoms with Crippen molar-refractivity contribution in [3.63, 3.8) is 0 Å². The molecular weight excluding hydrogens is 208 g/mol. The van der Waals surface area contributed by atoms with E-state index in [1.54, 1.807) is 31.2 Å². The Kier molecular flexibility index (Phi) is 4.72. The van der Waals surface area contributed by atoms with Crippen LogP contribution in [0.3, 0.4) is 0 Å². The van der Waals surface area contributed by atoms with Crippen molar-refractivity contribution in [1.82, 2.24) is 5.43 Å². The molecule has 5 heteroatoms. The molecule has 0 heterocycles. The second-order valence-electron chi connectivity index (χ2n) is 2.82. The summed E-state index contributed by atoms with van der Waals surface area (Å²) in [6.45, 7) is 1.94. The van der Waals surface area contributed by atoms with E-state index < -0.39 is 6.09 Å². The number of nitrogens with one attached hydrogen (secondary N) is 1. The zero-order valence-corrected chi connectivity index (χ0v) is 8.84. The summed E-state index contributed by atoms with van der Waals surface area (Å²) in [6, 6.07) is 8.64. The third-order valence-electron chi connectivity index (χ3n) is 1.67. The monoisotopic (exact) mass is 220 g/mol. The molecule has 1 rings (SSSR count). The van der Waals surface area contributed by atoms with Gasteiger partial charge in [-0.3, -0.25) is 4.79 Å². The average Bonchev–Trinajstić information content (AvgIpc) is 2.30. The van der Waals surface area contributed by atoms with Gasteiger partial charge in [0.2, 0.25) is 5.78 Å². The molecule has 0 aliphatic heterocycles. The van der Waals surface area contributed by atoms with E-state index in [1.165, 1.54) is 0 Å². The van der Waals surface area contributed by atoms with Crippen LogP contribution in [0.15, 0.2) is 35.4 Å². The number of ketones is 1. The Labute approximate surface area is 93.1 Å². The summed E-state index contributed by atoms with van der Waals surface area (Å²) < 4.78 is 4.55. The Hall–Kier alpha value is -2.17. The predicted octanol–water partition coefficient (Wildman–Crippen LogP) is 1.60. The Morgan fingerprint density at radius 3 is 2.69 bits per heavy atom. The minimum absolute atomic E-state index is 0.258. The largest absolute Gasteiger partial charge is 0.449 e. The number of carbonyl (C=O) groups is 2. The van der Waals surface area contributed by atoms with Crippen molar-refractivity contribution in [1.29, 1.82) is 0 Å². The summed E-state index contributed by atoms with van der Waals surface area (Å²) >= 11 is 0. The van der Waals surface area contributed by atoms with Crippen LogP contribution < -0.4 is 5.43 Å². The van der Waals surface area contributed by atoms with Gasteiger partial charge in [-0.2, -0.15) is 5.10 Å². The van der Waals surface area contributed by atoms with Crippen LogP contribution >= 0.6 is 0 Å². The fourth-order valence-electron chi connectivity index (χ4n) is 0.984. The number of hydrogen-bond acceptors (Lipinski definition) is 4. The standard InChI is InChI=1S/C11H12N2O3/c1-2-16-11(15)13-12-8-10(14)9-6-4-3-5-7-9/h3-8H,2H2,1H3,(H,13,15). The number of nitrogens with zero attached hydrogens (tertiary/aromatic N) is 1. The molecule has 0 saturated carbocycles. The lowest BCUT2D eigenvalue weighted by atomic mass is 10.1. The van der Waals surface area contributed by atoms with Crippen molar-refractivity contribution in [2.45, 2.75) is 6.92 Å². The van der Waals surface area contributed by atoms with E-state index >= 15 is 0 Å². The third-order valence-corrected chi connectivity index (χ3v) is 1.67. The molecule has 0 aromatic heterocycles. The number of hydrogen-bond donors (Lipinski definition) is 1. The smallest absolute Gasteiger partial charge is 0.427 e. The maximum atomic E-state index is 11.4. The first-order valence-electron chi connectivity index (χ1n) is 4.79. The molecule has 0 aliphatic carbocycles. The topological polar surface area (TPSA) is 67.8 Å². The van der Waals surface area contributed by atoms with Crippen LogP contribution in [-0.2, 0) is 4.74 Å². The van der Waals surface area contributed by atoms with E-state index in [1.807, 2.05) is 6.07 Å². The van der Waals surface area contributed by atoms with Gasteiger partial charge in [0.15, 0.2) is 0 Å². The molecule has 1 aromatic carbocycles. The van der Waals surface area contributed by atoms with Crippen LogP contribution in [0.1, 0.15) is 17.3 Å². The normalized spacial score (nSPS) is 10.1. The first kappa shape index (κ1) is 11.9. The summed E-state index contributed by atoms with van der Waals surface area (Å²) in [5, 5.41) is 3.47. The number of amides is 1. The maximum absolute atomic E-state index is 11.4. The number of benzene rings is 1. The summed E-state index contributed by atoms with van der Waals surface area (Å²) in [5.41, 5.74) is 2.58. The Balaban J connectivity index is 2.46. The van der Waals surface area contributed by atoms with E-state index in [4.69, 9.17) is 0 Å². The number of carbonyl (C=O) groups excluding carboxylic acids is 2. The fourth-order valence-corrected chi connectivity index (χ4v) is 0.984. The van der Waals surface area contributed by atoms with Gasteiger partial charge in [0.1, 0.15) is 0 Å². The van der Waals surface area contributed by atoms with Crippen molar-refractivity contribution in [3.05, 3.63) is 35.9 Å². The van der Waals surface area contributed by atoms with Gasteiger partial charge in [0.05, 0.1) is 12.8 Å². The van der Waals surface area contributed by atoms with E-state index in [9.17, 15) is 9.59 Å². The molecule has 16 heavy (non-hydrogen) atoms. The number of ether oxygens (including phenoxy) is 1. The van der Waals surface area contributed by atoms with Crippen LogP contribution in [0.4, 0.5) is 4.79 Å². The molecule has 0 spiro atoms. The van der Waals surface area contributed by atoms with Crippen LogP contribution in [0, 0.1) is 0 Å². The summed E-state index contributed by atoms with van der Waals surface area (Å²) in [6.07, 6.45) is 0.353. The van der Waals surface area contributed by atoms with Crippen molar-refractivity contribution >= 4 is 18.1 Å². The summed E-state index contributed by atoms with van der Waals surface area (Å²) in [5.74, 6) is -0.280. The van der Waals surface area contributed by atoms with Gasteiger partial charge in [0.25, 0.3) is 0 Å². The van der Waals surface area contributed by atoms with Gasteiger partial charge in [-0.25, -0.2) is 10.2 Å². The van der Waals surface area contributed by atoms with Crippen LogP contribution in [-0.4, -0.2) is 24.7 Å². The molecule has 0 radical (unpaired) electrons. The first-order valence-corrected chi connectivity index (χ1v) is 4.79. The molecular formula is C11H12N2O3. The lowest BCUT2D eigenvalue weighted by molar-refractivity contribution is 0.107. The van der Waals surface area contributed by atoms with E-state index in [0.29, 0.717) is 5.56 Å². The van der Waals surface area contributed by atoms with Gasteiger partial charge in [-0.05, 0) is 6.92 Å². The van der Waals surface area contributed by atoms with Gasteiger partial charge in [-0.15, -0.1) is 0 Å². The van der Waals surface area contributed by atoms with Gasteiger partial charge >= 0.3 is 6.09 Å². The molecule has 0 aliphatic rings. The molecule has 0 atom stereocenters. The second-order valence-corrected chi connectivity index (χ2v) is 2.82. The Morgan fingerprint density at radius 2 is 2.06 bits per heavy atom. The molecule has 1 amide bonds. The lowest BCUT2D eigenvalue weighted by Gasteiger charge is -1.98. The fraction of sp³-hybridized carbons (Fsp3) is 0.182. The molecule has 1 N–H and O–H groups in total. The van der Waals surface area contributed by atoms with Crippen molar-refractivity contribution in [3.8, 4) is 0 Å². The lowest BCUT2D eigenvalue weighted by Crippen LogP contribution is -2.19. The van der Waals surface area contributed by atoms with Crippen molar-refractivity contribution in [2.75, 3.05) is 6.61 Å². The molecule has 5 nitrogen and oxygen atoms in total. The van der Waals surface area contributed by atoms with Crippen LogP contribution in [0.5, 0.6) is 0 Å². The third kappa shape index (κ3) is 3.91. The molecule has 1 aromatic rings. The highest BCUT2D eigenvalue weighted by atomic mass is 16.5. The maximum Gasteiger partial charge on any atom is 0.427 e. The Bertz CT molecular complexity index is 387. The predicted molar refractivity (Wildman–Crippen MR) is 59.4 cm³/mol. The molecule has 84 valence electrons.